The van der Waals surface area contributed by atoms with Gasteiger partial charge in [-0.15, -0.1) is 0 Å². The van der Waals surface area contributed by atoms with Gasteiger partial charge in [0, 0.05) is 12.4 Å². The monoisotopic (exact) mass is 536 g/mol. The maximum atomic E-state index is 13.4. The smallest absolute Gasteiger partial charge is 0.123 e. The van der Waals surface area contributed by atoms with E-state index in [1.165, 1.54) is 16.3 Å². The summed E-state index contributed by atoms with van der Waals surface area (Å²) >= 11 is 0. The summed E-state index contributed by atoms with van der Waals surface area (Å²) < 4.78 is 15.6. The van der Waals surface area contributed by atoms with Crippen molar-refractivity contribution in [2.45, 2.75) is 11.0 Å². The van der Waals surface area contributed by atoms with Gasteiger partial charge in [-0.25, -0.2) is 9.37 Å². The van der Waals surface area contributed by atoms with Crippen LogP contribution in [0.5, 0.6) is 0 Å². The molecule has 2 nitrogen and oxygen atoms in total. The molecule has 0 fully saturated rings. The Kier molecular flexibility index (Phi) is 8.84. The van der Waals surface area contributed by atoms with Gasteiger partial charge in [0.1, 0.15) is 5.82 Å². The molecule has 5 aromatic carbocycles. The first kappa shape index (κ1) is 27.1. The van der Waals surface area contributed by atoms with E-state index in [-0.39, 0.29) is 16.8 Å². The van der Waals surface area contributed by atoms with Gasteiger partial charge in [-0.1, -0.05) is 139 Å². The SMILES string of the molecule is Fc1ccc([SiH2]C(c2ccccc2)(c2ccccc2)n2ccnc2)cc1.[B]C(c1ccccc1)c1ccccc1. The number of halogens is 1. The van der Waals surface area contributed by atoms with Crippen molar-refractivity contribution in [2.24, 2.45) is 0 Å². The van der Waals surface area contributed by atoms with E-state index >= 15 is 0 Å². The number of nitrogens with zero attached hydrogens (tertiary/aromatic N) is 2. The van der Waals surface area contributed by atoms with Crippen molar-refractivity contribution in [1.82, 2.24) is 9.55 Å². The van der Waals surface area contributed by atoms with E-state index in [0.29, 0.717) is 0 Å². The zero-order valence-corrected chi connectivity index (χ0v) is 23.6. The number of imidazole rings is 1. The topological polar surface area (TPSA) is 17.8 Å². The Balaban J connectivity index is 0.000000194. The second kappa shape index (κ2) is 13.0. The van der Waals surface area contributed by atoms with Gasteiger partial charge in [0.25, 0.3) is 0 Å². The average Bonchev–Trinajstić information content (AvgIpc) is 3.58. The molecule has 5 heteroatoms. The van der Waals surface area contributed by atoms with Gasteiger partial charge >= 0.3 is 0 Å². The lowest BCUT2D eigenvalue weighted by molar-refractivity contribution is 0.596. The zero-order valence-electron chi connectivity index (χ0n) is 22.2. The first-order valence-corrected chi connectivity index (χ1v) is 14.8. The molecule has 0 atom stereocenters. The van der Waals surface area contributed by atoms with E-state index in [2.05, 4.69) is 82.3 Å². The van der Waals surface area contributed by atoms with Crippen molar-refractivity contribution in [3.63, 3.8) is 0 Å². The van der Waals surface area contributed by atoms with Crippen molar-refractivity contribution < 1.29 is 4.39 Å². The van der Waals surface area contributed by atoms with Crippen LogP contribution in [0.15, 0.2) is 164 Å². The molecule has 0 unspecified atom stereocenters. The van der Waals surface area contributed by atoms with Gasteiger partial charge in [-0.3, -0.25) is 0 Å². The number of rotatable bonds is 7. The molecule has 0 bridgehead atoms. The molecular weight excluding hydrogens is 506 g/mol. The van der Waals surface area contributed by atoms with Crippen molar-refractivity contribution in [3.05, 3.63) is 192 Å². The van der Waals surface area contributed by atoms with Crippen molar-refractivity contribution >= 4 is 22.6 Å². The Morgan fingerprint density at radius 2 is 1.07 bits per heavy atom. The highest BCUT2D eigenvalue weighted by atomic mass is 28.2. The van der Waals surface area contributed by atoms with Gasteiger partial charge < -0.3 is 4.57 Å². The summed E-state index contributed by atoms with van der Waals surface area (Å²) in [6.07, 6.45) is 5.73. The third-order valence-corrected chi connectivity index (χ3v) is 9.71. The Morgan fingerprint density at radius 1 is 0.625 bits per heavy atom. The van der Waals surface area contributed by atoms with Crippen molar-refractivity contribution in [1.29, 1.82) is 0 Å². The number of hydrogen-bond donors (Lipinski definition) is 0. The molecule has 0 spiro atoms. The first-order chi connectivity index (χ1) is 19.7. The standard InChI is InChI=1S/C22H19FN2Si.C13H11B/c23-20-11-13-21(14-12-20)26-22(25-16-15-24-17-25,18-7-3-1-4-8-18)19-9-5-2-6-10-19;14-13(11-7-3-1-4-8-11)12-9-5-2-6-10-12/h1-17H,26H2;1-10,13H. The second-order valence-corrected chi connectivity index (χ2v) is 11.9. The maximum Gasteiger partial charge on any atom is 0.123 e. The summed E-state index contributed by atoms with van der Waals surface area (Å²) in [6, 6.07) is 48.2. The lowest BCUT2D eigenvalue weighted by Crippen LogP contribution is -2.46. The minimum Gasteiger partial charge on any atom is -0.326 e. The normalized spacial score (nSPS) is 11.3. The Morgan fingerprint density at radius 3 is 1.50 bits per heavy atom. The van der Waals surface area contributed by atoms with Crippen LogP contribution >= 0.6 is 0 Å². The number of hydrogen-bond acceptors (Lipinski definition) is 1. The van der Waals surface area contributed by atoms with E-state index in [1.807, 2.05) is 79.4 Å². The number of benzene rings is 5. The zero-order chi connectivity index (χ0) is 27.6. The van der Waals surface area contributed by atoms with Crippen LogP contribution < -0.4 is 5.19 Å². The second-order valence-electron chi connectivity index (χ2n) is 9.66. The van der Waals surface area contributed by atoms with Gasteiger partial charge in [0.05, 0.1) is 28.9 Å². The van der Waals surface area contributed by atoms with Crippen LogP contribution in [-0.2, 0) is 5.16 Å². The lowest BCUT2D eigenvalue weighted by Gasteiger charge is -2.37. The van der Waals surface area contributed by atoms with Crippen LogP contribution in [0.4, 0.5) is 4.39 Å². The highest BCUT2D eigenvalue weighted by Crippen LogP contribution is 2.33. The fourth-order valence-corrected chi connectivity index (χ4v) is 7.40. The molecule has 0 aliphatic heterocycles. The van der Waals surface area contributed by atoms with E-state index < -0.39 is 9.52 Å². The minimum absolute atomic E-state index is 0.0163. The Hall–Kier alpha value is -4.48. The molecule has 1 aromatic heterocycles. The summed E-state index contributed by atoms with van der Waals surface area (Å²) in [5, 5.41) is 0.879. The van der Waals surface area contributed by atoms with E-state index in [0.717, 1.165) is 11.1 Å². The molecule has 1 heterocycles. The third-order valence-electron chi connectivity index (χ3n) is 7.14. The molecule has 6 aromatic rings. The fourth-order valence-electron chi connectivity index (χ4n) is 5.08. The van der Waals surface area contributed by atoms with Gasteiger partial charge in [-0.05, 0) is 40.2 Å². The summed E-state index contributed by atoms with van der Waals surface area (Å²) in [5.74, 6) is -0.215. The molecule has 0 saturated carbocycles. The quantitative estimate of drug-likeness (QED) is 0.222. The summed E-state index contributed by atoms with van der Waals surface area (Å²) in [4.78, 5) is 4.32. The molecular formula is C35H30BFN2Si. The largest absolute Gasteiger partial charge is 0.326 e. The summed E-state index contributed by atoms with van der Waals surface area (Å²) in [7, 11) is 5.19. The van der Waals surface area contributed by atoms with Gasteiger partial charge in [-0.2, -0.15) is 0 Å². The van der Waals surface area contributed by atoms with Crippen LogP contribution in [-0.4, -0.2) is 26.9 Å². The highest BCUT2D eigenvalue weighted by molar-refractivity contribution is 6.57. The number of aromatic nitrogens is 2. The van der Waals surface area contributed by atoms with Crippen LogP contribution in [0, 0.1) is 5.82 Å². The van der Waals surface area contributed by atoms with Crippen LogP contribution in [0.1, 0.15) is 28.1 Å². The van der Waals surface area contributed by atoms with Crippen LogP contribution in [0.25, 0.3) is 0 Å². The predicted octanol–water partition coefficient (Wildman–Crippen LogP) is 6.21. The van der Waals surface area contributed by atoms with E-state index in [1.54, 1.807) is 12.1 Å². The molecule has 40 heavy (non-hydrogen) atoms. The molecule has 0 N–H and O–H groups in total. The lowest BCUT2D eigenvalue weighted by atomic mass is 9.76. The van der Waals surface area contributed by atoms with Gasteiger partial charge in [0.15, 0.2) is 0 Å². The third kappa shape index (κ3) is 6.22. The predicted molar refractivity (Wildman–Crippen MR) is 166 cm³/mol. The molecule has 0 aliphatic rings. The van der Waals surface area contributed by atoms with Gasteiger partial charge in [0.2, 0.25) is 0 Å². The van der Waals surface area contributed by atoms with Crippen molar-refractivity contribution in [2.75, 3.05) is 0 Å². The molecule has 0 amide bonds. The van der Waals surface area contributed by atoms with E-state index in [4.69, 9.17) is 7.85 Å². The average molecular weight is 537 g/mol. The molecule has 6 rings (SSSR count). The fraction of sp³-hybridized carbons (Fsp3) is 0.0571. The molecule has 2 radical (unpaired) electrons. The maximum absolute atomic E-state index is 13.4. The highest BCUT2D eigenvalue weighted by Gasteiger charge is 2.36. The van der Waals surface area contributed by atoms with Crippen LogP contribution in [0.2, 0.25) is 0 Å². The Bertz CT molecular complexity index is 1480. The molecule has 194 valence electrons. The summed E-state index contributed by atoms with van der Waals surface area (Å²) in [5.41, 5.74) is 4.75. The van der Waals surface area contributed by atoms with Crippen LogP contribution in [0.3, 0.4) is 0 Å². The molecule has 0 saturated heterocycles. The van der Waals surface area contributed by atoms with Crippen molar-refractivity contribution in [3.8, 4) is 0 Å². The van der Waals surface area contributed by atoms with E-state index in [9.17, 15) is 4.39 Å². The Labute approximate surface area is 239 Å². The molecule has 0 aliphatic carbocycles. The first-order valence-electron chi connectivity index (χ1n) is 13.4. The summed E-state index contributed by atoms with van der Waals surface area (Å²) in [6.45, 7) is 0. The minimum atomic E-state index is -0.929.